The normalized spacial score (nSPS) is 14.6. The molecule has 28 heavy (non-hydrogen) atoms. The maximum atomic E-state index is 12.5. The van der Waals surface area contributed by atoms with Crippen LogP contribution >= 0.6 is 0 Å². The summed E-state index contributed by atoms with van der Waals surface area (Å²) in [5, 5.41) is 7.57. The molecule has 0 spiro atoms. The largest absolute Gasteiger partial charge is 0.369 e. The summed E-state index contributed by atoms with van der Waals surface area (Å²) in [6, 6.07) is 8.25. The molecule has 152 valence electrons. The van der Waals surface area contributed by atoms with Crippen molar-refractivity contribution >= 4 is 22.8 Å². The molecule has 1 fully saturated rings. The van der Waals surface area contributed by atoms with Gasteiger partial charge in [0.05, 0.1) is 12.1 Å². The van der Waals surface area contributed by atoms with Gasteiger partial charge in [0.15, 0.2) is 5.82 Å². The van der Waals surface area contributed by atoms with Crippen LogP contribution in [-0.4, -0.2) is 66.1 Å². The number of carbonyl (C=O) groups is 1. The standard InChI is InChI=1S/C21H32N6O/c1-26(2)14-8-13-22-20-17-11-6-7-12-18(17)24-19(25-20)15-27(3)21(28)23-16-9-4-5-10-16/h6-7,11-12,16H,4-5,8-10,13-15H2,1-3H3,(H,23,28)(H,22,24,25). The summed E-state index contributed by atoms with van der Waals surface area (Å²) in [6.07, 6.45) is 5.58. The number of anilines is 1. The third-order valence-corrected chi connectivity index (χ3v) is 5.13. The van der Waals surface area contributed by atoms with E-state index < -0.39 is 0 Å². The van der Waals surface area contributed by atoms with Crippen molar-refractivity contribution in [3.8, 4) is 0 Å². The number of benzene rings is 1. The second kappa shape index (κ2) is 9.68. The van der Waals surface area contributed by atoms with Gasteiger partial charge in [-0.2, -0.15) is 0 Å². The summed E-state index contributed by atoms with van der Waals surface area (Å²) < 4.78 is 0. The number of fused-ring (bicyclic) bond motifs is 1. The predicted octanol–water partition coefficient (Wildman–Crippen LogP) is 3.08. The van der Waals surface area contributed by atoms with Crippen LogP contribution in [0.2, 0.25) is 0 Å². The van der Waals surface area contributed by atoms with E-state index in [4.69, 9.17) is 4.98 Å². The Hall–Kier alpha value is -2.41. The molecule has 1 aromatic carbocycles. The summed E-state index contributed by atoms with van der Waals surface area (Å²) in [4.78, 5) is 25.7. The van der Waals surface area contributed by atoms with Gasteiger partial charge in [-0.15, -0.1) is 0 Å². The fourth-order valence-corrected chi connectivity index (χ4v) is 3.57. The second-order valence-electron chi connectivity index (χ2n) is 7.88. The average Bonchev–Trinajstić information content (AvgIpc) is 3.18. The molecule has 1 aliphatic carbocycles. The predicted molar refractivity (Wildman–Crippen MR) is 113 cm³/mol. The van der Waals surface area contributed by atoms with E-state index in [-0.39, 0.29) is 6.03 Å². The van der Waals surface area contributed by atoms with Crippen LogP contribution in [0.3, 0.4) is 0 Å². The lowest BCUT2D eigenvalue weighted by Crippen LogP contribution is -2.41. The average molecular weight is 385 g/mol. The zero-order valence-electron chi connectivity index (χ0n) is 17.2. The van der Waals surface area contributed by atoms with Crippen molar-refractivity contribution in [3.05, 3.63) is 30.1 Å². The highest BCUT2D eigenvalue weighted by Gasteiger charge is 2.20. The molecule has 2 N–H and O–H groups in total. The molecular formula is C21H32N6O. The molecule has 0 saturated heterocycles. The van der Waals surface area contributed by atoms with Gasteiger partial charge >= 0.3 is 6.03 Å². The topological polar surface area (TPSA) is 73.4 Å². The van der Waals surface area contributed by atoms with Crippen molar-refractivity contribution in [1.29, 1.82) is 0 Å². The number of amides is 2. The van der Waals surface area contributed by atoms with E-state index in [2.05, 4.69) is 34.6 Å². The van der Waals surface area contributed by atoms with Crippen molar-refractivity contribution < 1.29 is 4.79 Å². The Morgan fingerprint density at radius 1 is 1.14 bits per heavy atom. The van der Waals surface area contributed by atoms with Gasteiger partial charge in [-0.1, -0.05) is 25.0 Å². The first-order valence-corrected chi connectivity index (χ1v) is 10.2. The van der Waals surface area contributed by atoms with E-state index in [1.54, 1.807) is 11.9 Å². The van der Waals surface area contributed by atoms with E-state index in [0.29, 0.717) is 18.4 Å². The Morgan fingerprint density at radius 2 is 1.89 bits per heavy atom. The molecule has 0 unspecified atom stereocenters. The maximum absolute atomic E-state index is 12.5. The monoisotopic (exact) mass is 384 g/mol. The highest BCUT2D eigenvalue weighted by Crippen LogP contribution is 2.21. The van der Waals surface area contributed by atoms with Crippen molar-refractivity contribution in [2.45, 2.75) is 44.7 Å². The summed E-state index contributed by atoms with van der Waals surface area (Å²) >= 11 is 0. The Bertz CT molecular complexity index is 788. The first-order valence-electron chi connectivity index (χ1n) is 10.2. The van der Waals surface area contributed by atoms with Gasteiger partial charge in [-0.3, -0.25) is 0 Å². The summed E-state index contributed by atoms with van der Waals surface area (Å²) in [5.74, 6) is 1.49. The van der Waals surface area contributed by atoms with Crippen LogP contribution in [-0.2, 0) is 6.54 Å². The van der Waals surface area contributed by atoms with Gasteiger partial charge in [0.25, 0.3) is 0 Å². The van der Waals surface area contributed by atoms with Crippen LogP contribution in [0.25, 0.3) is 10.9 Å². The van der Waals surface area contributed by atoms with Gasteiger partial charge in [0.1, 0.15) is 5.82 Å². The van der Waals surface area contributed by atoms with Crippen LogP contribution in [0.5, 0.6) is 0 Å². The summed E-state index contributed by atoms with van der Waals surface area (Å²) in [6.45, 7) is 2.25. The lowest BCUT2D eigenvalue weighted by Gasteiger charge is -2.21. The minimum absolute atomic E-state index is 0.0517. The highest BCUT2D eigenvalue weighted by molar-refractivity contribution is 5.89. The molecule has 3 rings (SSSR count). The molecule has 2 aromatic rings. The SMILES string of the molecule is CN(C)CCCNc1nc(CN(C)C(=O)NC2CCCC2)nc2ccccc12. The molecule has 1 saturated carbocycles. The Balaban J connectivity index is 1.68. The molecular weight excluding hydrogens is 352 g/mol. The highest BCUT2D eigenvalue weighted by atomic mass is 16.2. The first-order chi connectivity index (χ1) is 13.5. The van der Waals surface area contributed by atoms with Crippen molar-refractivity contribution in [1.82, 2.24) is 25.1 Å². The van der Waals surface area contributed by atoms with Gasteiger partial charge in [-0.05, 0) is 52.0 Å². The molecule has 1 aromatic heterocycles. The number of nitrogens with zero attached hydrogens (tertiary/aromatic N) is 4. The number of carbonyl (C=O) groups excluding carboxylic acids is 1. The molecule has 1 aliphatic rings. The number of aromatic nitrogens is 2. The van der Waals surface area contributed by atoms with Gasteiger partial charge in [0, 0.05) is 25.0 Å². The zero-order valence-corrected chi connectivity index (χ0v) is 17.2. The maximum Gasteiger partial charge on any atom is 0.317 e. The van der Waals surface area contributed by atoms with E-state index in [0.717, 1.165) is 49.1 Å². The molecule has 7 nitrogen and oxygen atoms in total. The van der Waals surface area contributed by atoms with Crippen LogP contribution < -0.4 is 10.6 Å². The fourth-order valence-electron chi connectivity index (χ4n) is 3.57. The Labute approximate surface area is 167 Å². The molecule has 1 heterocycles. The number of rotatable bonds is 8. The zero-order chi connectivity index (χ0) is 19.9. The third-order valence-electron chi connectivity index (χ3n) is 5.13. The Morgan fingerprint density at radius 3 is 2.64 bits per heavy atom. The van der Waals surface area contributed by atoms with Crippen LogP contribution in [0, 0.1) is 0 Å². The smallest absolute Gasteiger partial charge is 0.317 e. The van der Waals surface area contributed by atoms with Crippen molar-refractivity contribution in [2.24, 2.45) is 0 Å². The lowest BCUT2D eigenvalue weighted by molar-refractivity contribution is 0.201. The van der Waals surface area contributed by atoms with Gasteiger partial charge < -0.3 is 20.4 Å². The molecule has 0 aliphatic heterocycles. The quantitative estimate of drug-likeness (QED) is 0.684. The minimum atomic E-state index is -0.0517. The van der Waals surface area contributed by atoms with Gasteiger partial charge in [-0.25, -0.2) is 14.8 Å². The number of urea groups is 1. The van der Waals surface area contributed by atoms with Crippen LogP contribution in [0.15, 0.2) is 24.3 Å². The van der Waals surface area contributed by atoms with Gasteiger partial charge in [0.2, 0.25) is 0 Å². The molecule has 0 atom stereocenters. The Kier molecular flexibility index (Phi) is 7.03. The lowest BCUT2D eigenvalue weighted by atomic mass is 10.2. The van der Waals surface area contributed by atoms with Crippen molar-refractivity contribution in [2.75, 3.05) is 39.5 Å². The first kappa shape index (κ1) is 20.3. The van der Waals surface area contributed by atoms with E-state index in [1.165, 1.54) is 12.8 Å². The second-order valence-corrected chi connectivity index (χ2v) is 7.88. The third kappa shape index (κ3) is 5.55. The van der Waals surface area contributed by atoms with Crippen LogP contribution in [0.1, 0.15) is 37.9 Å². The molecule has 2 amide bonds. The summed E-state index contributed by atoms with van der Waals surface area (Å²) in [7, 11) is 5.95. The minimum Gasteiger partial charge on any atom is -0.369 e. The fraction of sp³-hybridized carbons (Fsp3) is 0.571. The van der Waals surface area contributed by atoms with E-state index in [1.807, 2.05) is 24.3 Å². The van der Waals surface area contributed by atoms with E-state index in [9.17, 15) is 4.79 Å². The van der Waals surface area contributed by atoms with Crippen molar-refractivity contribution in [3.63, 3.8) is 0 Å². The molecule has 7 heteroatoms. The number of nitrogens with one attached hydrogen (secondary N) is 2. The number of para-hydroxylation sites is 1. The van der Waals surface area contributed by atoms with Crippen LogP contribution in [0.4, 0.5) is 10.6 Å². The molecule has 0 radical (unpaired) electrons. The number of hydrogen-bond donors (Lipinski definition) is 2. The molecule has 0 bridgehead atoms. The number of hydrogen-bond acceptors (Lipinski definition) is 5. The summed E-state index contributed by atoms with van der Waals surface area (Å²) in [5.41, 5.74) is 0.896. The van der Waals surface area contributed by atoms with E-state index >= 15 is 0 Å².